The van der Waals surface area contributed by atoms with Crippen LogP contribution >= 0.6 is 0 Å². The topological polar surface area (TPSA) is 76.0 Å². The maximum Gasteiger partial charge on any atom is 0.373 e. The summed E-state index contributed by atoms with van der Waals surface area (Å²) in [6, 6.07) is 1.84. The molecule has 0 aliphatic carbocycles. The Labute approximate surface area is 91.8 Å². The molecule has 0 aliphatic heterocycles. The molecule has 0 bridgehead atoms. The van der Waals surface area contributed by atoms with E-state index in [0.29, 0.717) is 0 Å². The van der Waals surface area contributed by atoms with E-state index >= 15 is 0 Å². The predicted molar refractivity (Wildman–Crippen MR) is 57.0 cm³/mol. The van der Waals surface area contributed by atoms with Crippen molar-refractivity contribution in [2.24, 2.45) is 0 Å². The molecule has 0 atom stereocenters. The Balaban J connectivity index is 2.43. The average Bonchev–Trinajstić information content (AvgIpc) is 2.30. The lowest BCUT2D eigenvalue weighted by atomic mass is 10.1. The molecule has 0 saturated carbocycles. The highest BCUT2D eigenvalue weighted by Gasteiger charge is 2.07. The zero-order chi connectivity index (χ0) is 11.5. The molecule has 5 heteroatoms. The first-order valence-electron chi connectivity index (χ1n) is 4.65. The first-order chi connectivity index (χ1) is 7.68. The first-order valence-corrected chi connectivity index (χ1v) is 4.65. The molecule has 5 nitrogen and oxygen atoms in total. The van der Waals surface area contributed by atoms with Crippen LogP contribution in [-0.4, -0.2) is 26.0 Å². The van der Waals surface area contributed by atoms with Gasteiger partial charge in [0, 0.05) is 30.4 Å². The SMILES string of the molecule is Cc1cnccc1-c1cnc(C(=O)O)nc1. The minimum absolute atomic E-state index is 0.199. The van der Waals surface area contributed by atoms with Crippen molar-refractivity contribution in [3.05, 3.63) is 42.2 Å². The van der Waals surface area contributed by atoms with E-state index in [0.717, 1.165) is 16.7 Å². The maximum atomic E-state index is 10.6. The van der Waals surface area contributed by atoms with Gasteiger partial charge in [0.05, 0.1) is 0 Å². The molecule has 0 aromatic carbocycles. The third kappa shape index (κ3) is 1.88. The van der Waals surface area contributed by atoms with E-state index in [1.807, 2.05) is 13.0 Å². The fourth-order valence-corrected chi connectivity index (χ4v) is 1.37. The summed E-state index contributed by atoms with van der Waals surface area (Å²) in [6.07, 6.45) is 6.41. The normalized spacial score (nSPS) is 10.1. The molecule has 16 heavy (non-hydrogen) atoms. The smallest absolute Gasteiger partial charge is 0.373 e. The van der Waals surface area contributed by atoms with Crippen LogP contribution in [0.3, 0.4) is 0 Å². The van der Waals surface area contributed by atoms with Gasteiger partial charge in [0.2, 0.25) is 5.82 Å². The van der Waals surface area contributed by atoms with E-state index in [1.165, 1.54) is 12.4 Å². The third-order valence-corrected chi connectivity index (χ3v) is 2.17. The van der Waals surface area contributed by atoms with Gasteiger partial charge in [-0.3, -0.25) is 4.98 Å². The summed E-state index contributed by atoms with van der Waals surface area (Å²) in [6.45, 7) is 1.92. The van der Waals surface area contributed by atoms with E-state index in [4.69, 9.17) is 5.11 Å². The predicted octanol–water partition coefficient (Wildman–Crippen LogP) is 1.55. The lowest BCUT2D eigenvalue weighted by molar-refractivity contribution is 0.0683. The molecule has 0 amide bonds. The van der Waals surface area contributed by atoms with E-state index < -0.39 is 5.97 Å². The molecule has 2 heterocycles. The second-order valence-corrected chi connectivity index (χ2v) is 3.29. The number of aryl methyl sites for hydroxylation is 1. The van der Waals surface area contributed by atoms with Gasteiger partial charge in [0.1, 0.15) is 0 Å². The number of rotatable bonds is 2. The lowest BCUT2D eigenvalue weighted by Gasteiger charge is -2.03. The Kier molecular flexibility index (Phi) is 2.59. The van der Waals surface area contributed by atoms with Crippen molar-refractivity contribution in [2.45, 2.75) is 6.92 Å². The number of hydrogen-bond donors (Lipinski definition) is 1. The number of carboxylic acid groups (broad SMARTS) is 1. The highest BCUT2D eigenvalue weighted by atomic mass is 16.4. The Morgan fingerprint density at radius 2 is 1.94 bits per heavy atom. The van der Waals surface area contributed by atoms with E-state index in [1.54, 1.807) is 12.4 Å². The van der Waals surface area contributed by atoms with Crippen molar-refractivity contribution in [2.75, 3.05) is 0 Å². The van der Waals surface area contributed by atoms with Gasteiger partial charge in [-0.25, -0.2) is 14.8 Å². The summed E-state index contributed by atoms with van der Waals surface area (Å²) in [4.78, 5) is 22.1. The fourth-order valence-electron chi connectivity index (χ4n) is 1.37. The van der Waals surface area contributed by atoms with E-state index in [2.05, 4.69) is 15.0 Å². The second kappa shape index (κ2) is 4.06. The molecule has 1 N–H and O–H groups in total. The Morgan fingerprint density at radius 3 is 2.50 bits per heavy atom. The lowest BCUT2D eigenvalue weighted by Crippen LogP contribution is -2.03. The van der Waals surface area contributed by atoms with Gasteiger partial charge in [0.25, 0.3) is 0 Å². The summed E-state index contributed by atoms with van der Waals surface area (Å²) in [5, 5.41) is 8.67. The summed E-state index contributed by atoms with van der Waals surface area (Å²) < 4.78 is 0. The fraction of sp³-hybridized carbons (Fsp3) is 0.0909. The van der Waals surface area contributed by atoms with Crippen molar-refractivity contribution in [3.8, 4) is 11.1 Å². The minimum atomic E-state index is -1.13. The molecular weight excluding hydrogens is 206 g/mol. The maximum absolute atomic E-state index is 10.6. The quantitative estimate of drug-likeness (QED) is 0.822. The summed E-state index contributed by atoms with van der Waals surface area (Å²) >= 11 is 0. The van der Waals surface area contributed by atoms with Crippen LogP contribution in [0, 0.1) is 6.92 Å². The molecule has 80 valence electrons. The zero-order valence-electron chi connectivity index (χ0n) is 8.58. The first kappa shape index (κ1) is 10.2. The van der Waals surface area contributed by atoms with Gasteiger partial charge in [-0.1, -0.05) is 0 Å². The van der Waals surface area contributed by atoms with Gasteiger partial charge in [-0.15, -0.1) is 0 Å². The monoisotopic (exact) mass is 215 g/mol. The van der Waals surface area contributed by atoms with Crippen LogP contribution < -0.4 is 0 Å². The van der Waals surface area contributed by atoms with Crippen molar-refractivity contribution in [3.63, 3.8) is 0 Å². The summed E-state index contributed by atoms with van der Waals surface area (Å²) in [5.41, 5.74) is 2.73. The van der Waals surface area contributed by atoms with Crippen molar-refractivity contribution in [1.29, 1.82) is 0 Å². The van der Waals surface area contributed by atoms with Crippen LogP contribution in [-0.2, 0) is 0 Å². The van der Waals surface area contributed by atoms with Gasteiger partial charge in [-0.05, 0) is 24.1 Å². The second-order valence-electron chi connectivity index (χ2n) is 3.29. The number of hydrogen-bond acceptors (Lipinski definition) is 4. The molecule has 0 fully saturated rings. The molecule has 2 aromatic heterocycles. The van der Waals surface area contributed by atoms with Crippen molar-refractivity contribution in [1.82, 2.24) is 15.0 Å². The van der Waals surface area contributed by atoms with Crippen LogP contribution in [0.25, 0.3) is 11.1 Å². The number of aromatic nitrogens is 3. The van der Waals surface area contributed by atoms with Gasteiger partial charge in [-0.2, -0.15) is 0 Å². The van der Waals surface area contributed by atoms with Crippen LogP contribution in [0.15, 0.2) is 30.9 Å². The number of aromatic carboxylic acids is 1. The molecule has 2 rings (SSSR count). The standard InChI is InChI=1S/C11H9N3O2/c1-7-4-12-3-2-9(7)8-5-13-10(11(15)16)14-6-8/h2-6H,1H3,(H,15,16). The van der Waals surface area contributed by atoms with E-state index in [9.17, 15) is 4.79 Å². The molecular formula is C11H9N3O2. The Hall–Kier alpha value is -2.30. The molecule has 2 aromatic rings. The van der Waals surface area contributed by atoms with Crippen molar-refractivity contribution >= 4 is 5.97 Å². The molecule has 0 unspecified atom stereocenters. The largest absolute Gasteiger partial charge is 0.475 e. The Bertz CT molecular complexity index is 523. The molecule has 0 saturated heterocycles. The van der Waals surface area contributed by atoms with Crippen LogP contribution in [0.2, 0.25) is 0 Å². The zero-order valence-corrected chi connectivity index (χ0v) is 8.58. The van der Waals surface area contributed by atoms with E-state index in [-0.39, 0.29) is 5.82 Å². The van der Waals surface area contributed by atoms with Crippen LogP contribution in [0.4, 0.5) is 0 Å². The number of carboxylic acids is 1. The molecule has 0 radical (unpaired) electrons. The highest BCUT2D eigenvalue weighted by Crippen LogP contribution is 2.20. The highest BCUT2D eigenvalue weighted by molar-refractivity contribution is 5.83. The minimum Gasteiger partial charge on any atom is -0.475 e. The summed E-state index contributed by atoms with van der Waals surface area (Å²) in [5.74, 6) is -1.33. The number of pyridine rings is 1. The van der Waals surface area contributed by atoms with Gasteiger partial charge in [0.15, 0.2) is 0 Å². The van der Waals surface area contributed by atoms with Gasteiger partial charge >= 0.3 is 5.97 Å². The third-order valence-electron chi connectivity index (χ3n) is 2.17. The van der Waals surface area contributed by atoms with Crippen molar-refractivity contribution < 1.29 is 9.90 Å². The van der Waals surface area contributed by atoms with Gasteiger partial charge < -0.3 is 5.11 Å². The molecule has 0 aliphatic rings. The van der Waals surface area contributed by atoms with Crippen LogP contribution in [0.1, 0.15) is 16.2 Å². The molecule has 0 spiro atoms. The summed E-state index contributed by atoms with van der Waals surface area (Å²) in [7, 11) is 0. The average molecular weight is 215 g/mol. The Morgan fingerprint density at radius 1 is 1.25 bits per heavy atom. The van der Waals surface area contributed by atoms with Crippen LogP contribution in [0.5, 0.6) is 0 Å². The number of carbonyl (C=O) groups is 1. The number of nitrogens with zero attached hydrogens (tertiary/aromatic N) is 3.